The number of hydrogen-bond donors (Lipinski definition) is 1. The highest BCUT2D eigenvalue weighted by Crippen LogP contribution is 2.36. The van der Waals surface area contributed by atoms with Gasteiger partial charge in [-0.1, -0.05) is 35.9 Å². The lowest BCUT2D eigenvalue weighted by Gasteiger charge is -2.15. The van der Waals surface area contributed by atoms with Gasteiger partial charge in [0.1, 0.15) is 17.4 Å². The molecule has 0 radical (unpaired) electrons. The van der Waals surface area contributed by atoms with Gasteiger partial charge < -0.3 is 5.32 Å². The van der Waals surface area contributed by atoms with Crippen LogP contribution < -0.4 is 5.32 Å². The Hall–Kier alpha value is -2.88. The van der Waals surface area contributed by atoms with Crippen molar-refractivity contribution in [1.29, 1.82) is 0 Å². The molecule has 0 aliphatic heterocycles. The molecule has 0 fully saturated rings. The first-order valence-electron chi connectivity index (χ1n) is 8.91. The lowest BCUT2D eigenvalue weighted by molar-refractivity contribution is -0.119. The zero-order chi connectivity index (χ0) is 22.0. The van der Waals surface area contributed by atoms with Crippen LogP contribution in [0.2, 0.25) is 5.02 Å². The summed E-state index contributed by atoms with van der Waals surface area (Å²) in [7, 11) is 0. The number of nitrogens with one attached hydrogen (secondary N) is 1. The van der Waals surface area contributed by atoms with E-state index in [0.29, 0.717) is 16.9 Å². The van der Waals surface area contributed by atoms with Crippen LogP contribution in [0.5, 0.6) is 0 Å². The van der Waals surface area contributed by atoms with Gasteiger partial charge in [0.05, 0.1) is 23.5 Å². The largest absolute Gasteiger partial charge is 0.322 e. The Morgan fingerprint density at radius 1 is 1.20 bits per heavy atom. The SMILES string of the molecule is Cc1ccccc1Cn1cc(NC(=O)C(C)n2nc(C(F)F)c(Cl)c2C(F)F)cn1. The van der Waals surface area contributed by atoms with E-state index in [1.54, 1.807) is 10.9 Å². The zero-order valence-corrected chi connectivity index (χ0v) is 16.7. The molecule has 1 N–H and O–H groups in total. The Morgan fingerprint density at radius 2 is 1.90 bits per heavy atom. The van der Waals surface area contributed by atoms with Gasteiger partial charge >= 0.3 is 0 Å². The van der Waals surface area contributed by atoms with Crippen LogP contribution in [-0.4, -0.2) is 25.5 Å². The van der Waals surface area contributed by atoms with Gasteiger partial charge in [-0.25, -0.2) is 22.2 Å². The first-order valence-corrected chi connectivity index (χ1v) is 9.28. The molecule has 0 aliphatic carbocycles. The number of amides is 1. The molecule has 0 saturated carbocycles. The number of alkyl halides is 4. The molecule has 11 heteroatoms. The molecule has 2 aromatic heterocycles. The molecule has 0 spiro atoms. The van der Waals surface area contributed by atoms with Crippen LogP contribution in [0.3, 0.4) is 0 Å². The van der Waals surface area contributed by atoms with Crippen molar-refractivity contribution >= 4 is 23.2 Å². The molecule has 3 rings (SSSR count). The number of aryl methyl sites for hydroxylation is 1. The summed E-state index contributed by atoms with van der Waals surface area (Å²) in [6, 6.07) is 6.43. The number of carbonyl (C=O) groups excluding carboxylic acids is 1. The first-order chi connectivity index (χ1) is 14.2. The van der Waals surface area contributed by atoms with Crippen molar-refractivity contribution < 1.29 is 22.4 Å². The fourth-order valence-electron chi connectivity index (χ4n) is 2.91. The van der Waals surface area contributed by atoms with Crippen molar-refractivity contribution in [1.82, 2.24) is 19.6 Å². The van der Waals surface area contributed by atoms with Crippen LogP contribution in [0.25, 0.3) is 0 Å². The van der Waals surface area contributed by atoms with E-state index >= 15 is 0 Å². The van der Waals surface area contributed by atoms with Crippen molar-refractivity contribution in [2.75, 3.05) is 5.32 Å². The van der Waals surface area contributed by atoms with Crippen LogP contribution >= 0.6 is 11.6 Å². The lowest BCUT2D eigenvalue weighted by Crippen LogP contribution is -2.26. The lowest BCUT2D eigenvalue weighted by atomic mass is 10.1. The molecule has 1 unspecified atom stereocenters. The van der Waals surface area contributed by atoms with Crippen molar-refractivity contribution in [2.24, 2.45) is 0 Å². The van der Waals surface area contributed by atoms with Gasteiger partial charge in [0.2, 0.25) is 5.91 Å². The maximum absolute atomic E-state index is 13.3. The quantitative estimate of drug-likeness (QED) is 0.513. The normalized spacial score (nSPS) is 12.6. The van der Waals surface area contributed by atoms with E-state index in [0.717, 1.165) is 11.1 Å². The molecular formula is C19H18ClF4N5O. The Bertz CT molecular complexity index is 1050. The number of benzene rings is 1. The van der Waals surface area contributed by atoms with E-state index in [1.807, 2.05) is 31.2 Å². The number of nitrogens with zero attached hydrogens (tertiary/aromatic N) is 4. The van der Waals surface area contributed by atoms with Gasteiger partial charge in [-0.3, -0.25) is 9.48 Å². The van der Waals surface area contributed by atoms with Crippen molar-refractivity contribution in [3.63, 3.8) is 0 Å². The molecule has 3 aromatic rings. The number of anilines is 1. The zero-order valence-electron chi connectivity index (χ0n) is 16.0. The molecule has 1 amide bonds. The molecule has 0 bridgehead atoms. The van der Waals surface area contributed by atoms with Gasteiger partial charge in [-0.15, -0.1) is 0 Å². The van der Waals surface area contributed by atoms with Crippen molar-refractivity contribution in [2.45, 2.75) is 39.3 Å². The highest BCUT2D eigenvalue weighted by molar-refractivity contribution is 6.32. The minimum absolute atomic E-state index is 0.325. The monoisotopic (exact) mass is 443 g/mol. The summed E-state index contributed by atoms with van der Waals surface area (Å²) in [6.07, 6.45) is -3.35. The predicted octanol–water partition coefficient (Wildman–Crippen LogP) is 5.16. The number of halogens is 5. The van der Waals surface area contributed by atoms with E-state index in [1.165, 1.54) is 13.1 Å². The van der Waals surface area contributed by atoms with E-state index in [2.05, 4.69) is 15.5 Å². The molecule has 6 nitrogen and oxygen atoms in total. The maximum Gasteiger partial charge on any atom is 0.283 e. The molecular weight excluding hydrogens is 426 g/mol. The summed E-state index contributed by atoms with van der Waals surface area (Å²) in [6.45, 7) is 3.70. The summed E-state index contributed by atoms with van der Waals surface area (Å²) in [5.41, 5.74) is 0.533. The highest BCUT2D eigenvalue weighted by Gasteiger charge is 2.31. The Labute approximate surface area is 174 Å². The standard InChI is InChI=1S/C19H18ClF4N5O/c1-10-5-3-4-6-12(10)8-28-9-13(7-25-28)26-19(30)11(2)29-16(18(23)24)14(20)15(27-29)17(21)22/h3-7,9,11,17-18H,8H2,1-2H3,(H,26,30). The molecule has 160 valence electrons. The van der Waals surface area contributed by atoms with Crippen LogP contribution in [0.4, 0.5) is 23.2 Å². The minimum atomic E-state index is -3.18. The molecule has 0 saturated heterocycles. The molecule has 30 heavy (non-hydrogen) atoms. The third kappa shape index (κ3) is 4.48. The summed E-state index contributed by atoms with van der Waals surface area (Å²) in [5, 5.41) is 9.29. The Balaban J connectivity index is 1.76. The van der Waals surface area contributed by atoms with Crippen LogP contribution in [0.15, 0.2) is 36.7 Å². The van der Waals surface area contributed by atoms with E-state index in [9.17, 15) is 22.4 Å². The van der Waals surface area contributed by atoms with Crippen LogP contribution in [-0.2, 0) is 11.3 Å². The number of hydrogen-bond acceptors (Lipinski definition) is 3. The van der Waals surface area contributed by atoms with E-state index in [-0.39, 0.29) is 0 Å². The Kier molecular flexibility index (Phi) is 6.45. The summed E-state index contributed by atoms with van der Waals surface area (Å²) < 4.78 is 54.8. The third-order valence-corrected chi connectivity index (χ3v) is 4.95. The number of carbonyl (C=O) groups is 1. The van der Waals surface area contributed by atoms with Gasteiger partial charge in [0.25, 0.3) is 12.9 Å². The van der Waals surface area contributed by atoms with Crippen LogP contribution in [0, 0.1) is 6.92 Å². The minimum Gasteiger partial charge on any atom is -0.322 e. The maximum atomic E-state index is 13.3. The first kappa shape index (κ1) is 21.8. The summed E-state index contributed by atoms with van der Waals surface area (Å²) in [4.78, 5) is 12.5. The fraction of sp³-hybridized carbons (Fsp3) is 0.316. The summed E-state index contributed by atoms with van der Waals surface area (Å²) in [5.74, 6) is -0.729. The average Bonchev–Trinajstić information content (AvgIpc) is 3.26. The fourth-order valence-corrected chi connectivity index (χ4v) is 3.20. The second-order valence-corrected chi connectivity index (χ2v) is 7.03. The van der Waals surface area contributed by atoms with Gasteiger partial charge in [0, 0.05) is 6.20 Å². The van der Waals surface area contributed by atoms with Gasteiger partial charge in [0.15, 0.2) is 0 Å². The second-order valence-electron chi connectivity index (χ2n) is 6.65. The average molecular weight is 444 g/mol. The Morgan fingerprint density at radius 3 is 2.53 bits per heavy atom. The van der Waals surface area contributed by atoms with Gasteiger partial charge in [-0.2, -0.15) is 10.2 Å². The molecule has 1 aromatic carbocycles. The predicted molar refractivity (Wildman–Crippen MR) is 103 cm³/mol. The van der Waals surface area contributed by atoms with E-state index < -0.39 is 41.2 Å². The molecule has 2 heterocycles. The second kappa shape index (κ2) is 8.86. The highest BCUT2D eigenvalue weighted by atomic mass is 35.5. The van der Waals surface area contributed by atoms with E-state index in [4.69, 9.17) is 11.6 Å². The van der Waals surface area contributed by atoms with Gasteiger partial charge in [-0.05, 0) is 25.0 Å². The summed E-state index contributed by atoms with van der Waals surface area (Å²) >= 11 is 5.63. The van der Waals surface area contributed by atoms with Crippen LogP contribution in [0.1, 0.15) is 48.3 Å². The van der Waals surface area contributed by atoms with Crippen molar-refractivity contribution in [3.8, 4) is 0 Å². The molecule has 0 aliphatic rings. The topological polar surface area (TPSA) is 64.7 Å². The number of aromatic nitrogens is 4. The molecule has 1 atom stereocenters. The third-order valence-electron chi connectivity index (χ3n) is 4.57. The number of rotatable bonds is 7. The smallest absolute Gasteiger partial charge is 0.283 e. The van der Waals surface area contributed by atoms with Crippen molar-refractivity contribution in [3.05, 3.63) is 64.2 Å².